The molecule has 4 heterocycles. The summed E-state index contributed by atoms with van der Waals surface area (Å²) in [6, 6.07) is 6.17. The van der Waals surface area contributed by atoms with E-state index < -0.39 is 0 Å². The number of hydrogen-bond acceptors (Lipinski definition) is 5. The van der Waals surface area contributed by atoms with E-state index in [2.05, 4.69) is 29.8 Å². The summed E-state index contributed by atoms with van der Waals surface area (Å²) in [6.45, 7) is 4.96. The van der Waals surface area contributed by atoms with Crippen LogP contribution in [0.2, 0.25) is 0 Å². The monoisotopic (exact) mass is 385 g/mol. The molecule has 142 valence electrons. The summed E-state index contributed by atoms with van der Waals surface area (Å²) in [6.07, 6.45) is 4.53. The van der Waals surface area contributed by atoms with Gasteiger partial charge in [-0.25, -0.2) is 4.98 Å². The van der Waals surface area contributed by atoms with Crippen molar-refractivity contribution in [2.24, 2.45) is 5.41 Å². The second kappa shape index (κ2) is 6.48. The van der Waals surface area contributed by atoms with Crippen LogP contribution in [0.15, 0.2) is 29.6 Å². The van der Waals surface area contributed by atoms with Crippen molar-refractivity contribution in [2.45, 2.75) is 44.4 Å². The lowest BCUT2D eigenvalue weighted by molar-refractivity contribution is -0.138. The van der Waals surface area contributed by atoms with E-state index in [1.54, 1.807) is 11.8 Å². The Labute approximate surface area is 162 Å². The van der Waals surface area contributed by atoms with Crippen LogP contribution >= 0.6 is 11.8 Å². The van der Waals surface area contributed by atoms with Crippen molar-refractivity contribution >= 4 is 17.7 Å². The number of ether oxygens (including phenoxy) is 2. The SMILES string of the molecule is CC1(Cc2ccc3c(c2)OCO3)CCC(=O)N(Cc2cn3c(n2)SCC3)C1. The minimum atomic E-state index is 0.0544. The van der Waals surface area contributed by atoms with Crippen LogP contribution in [0.5, 0.6) is 11.5 Å². The lowest BCUT2D eigenvalue weighted by Crippen LogP contribution is -2.45. The van der Waals surface area contributed by atoms with Crippen LogP contribution < -0.4 is 9.47 Å². The number of aryl methyl sites for hydroxylation is 1. The number of likely N-dealkylation sites (tertiary alicyclic amines) is 1. The Morgan fingerprint density at radius 2 is 2.19 bits per heavy atom. The molecule has 1 aromatic heterocycles. The van der Waals surface area contributed by atoms with Gasteiger partial charge in [-0.05, 0) is 36.0 Å². The van der Waals surface area contributed by atoms with Crippen LogP contribution in [0.1, 0.15) is 31.0 Å². The fourth-order valence-corrected chi connectivity index (χ4v) is 5.22. The number of thioether (sulfide) groups is 1. The fraction of sp³-hybridized carbons (Fsp3) is 0.500. The minimum Gasteiger partial charge on any atom is -0.454 e. The van der Waals surface area contributed by atoms with Crippen LogP contribution in [0.4, 0.5) is 0 Å². The number of nitrogens with zero attached hydrogens (tertiary/aromatic N) is 3. The van der Waals surface area contributed by atoms with E-state index in [1.165, 1.54) is 5.56 Å². The Kier molecular flexibility index (Phi) is 4.07. The van der Waals surface area contributed by atoms with Crippen molar-refractivity contribution in [2.75, 3.05) is 19.1 Å². The van der Waals surface area contributed by atoms with E-state index in [4.69, 9.17) is 14.5 Å². The number of fused-ring (bicyclic) bond motifs is 2. The standard InChI is InChI=1S/C20H23N3O3S/c1-20(9-14-2-3-16-17(8-14)26-13-25-16)5-4-18(24)23(12-20)11-15-10-22-6-7-27-19(22)21-15/h2-3,8,10H,4-7,9,11-13H2,1H3. The smallest absolute Gasteiger partial charge is 0.231 e. The van der Waals surface area contributed by atoms with Crippen LogP contribution in [-0.2, 0) is 24.3 Å². The maximum Gasteiger partial charge on any atom is 0.231 e. The van der Waals surface area contributed by atoms with Crippen molar-refractivity contribution in [3.63, 3.8) is 0 Å². The Morgan fingerprint density at radius 3 is 3.07 bits per heavy atom. The van der Waals surface area contributed by atoms with E-state index in [0.717, 1.165) is 54.0 Å². The van der Waals surface area contributed by atoms with Gasteiger partial charge >= 0.3 is 0 Å². The predicted molar refractivity (Wildman–Crippen MR) is 102 cm³/mol. The molecule has 7 heteroatoms. The summed E-state index contributed by atoms with van der Waals surface area (Å²) in [5, 5.41) is 1.08. The van der Waals surface area contributed by atoms with Crippen molar-refractivity contribution in [1.29, 1.82) is 0 Å². The third-order valence-corrected chi connectivity index (χ3v) is 6.61. The molecule has 5 rings (SSSR count). The van der Waals surface area contributed by atoms with Gasteiger partial charge in [0.05, 0.1) is 12.2 Å². The highest BCUT2D eigenvalue weighted by Crippen LogP contribution is 2.38. The summed E-state index contributed by atoms with van der Waals surface area (Å²) >= 11 is 1.79. The molecule has 0 spiro atoms. The van der Waals surface area contributed by atoms with Gasteiger partial charge in [-0.3, -0.25) is 4.79 Å². The Bertz CT molecular complexity index is 875. The van der Waals surface area contributed by atoms with Crippen LogP contribution in [0.3, 0.4) is 0 Å². The first-order chi connectivity index (χ1) is 13.1. The van der Waals surface area contributed by atoms with Crippen molar-refractivity contribution in [3.05, 3.63) is 35.7 Å². The number of rotatable bonds is 4. The van der Waals surface area contributed by atoms with Crippen molar-refractivity contribution in [1.82, 2.24) is 14.5 Å². The highest BCUT2D eigenvalue weighted by atomic mass is 32.2. The molecule has 6 nitrogen and oxygen atoms in total. The van der Waals surface area contributed by atoms with E-state index in [0.29, 0.717) is 19.8 Å². The van der Waals surface area contributed by atoms with Crippen LogP contribution in [-0.4, -0.2) is 39.4 Å². The molecule has 3 aliphatic rings. The molecule has 27 heavy (non-hydrogen) atoms. The molecular formula is C20H23N3O3S. The minimum absolute atomic E-state index is 0.0544. The Hall–Kier alpha value is -2.15. The quantitative estimate of drug-likeness (QED) is 0.810. The second-order valence-corrected chi connectivity index (χ2v) is 9.04. The maximum atomic E-state index is 12.5. The molecule has 0 aliphatic carbocycles. The molecule has 1 atom stereocenters. The number of carbonyl (C=O) groups is 1. The molecule has 1 fully saturated rings. The van der Waals surface area contributed by atoms with Gasteiger partial charge in [0.25, 0.3) is 0 Å². The zero-order valence-corrected chi connectivity index (χ0v) is 16.3. The molecule has 2 aromatic rings. The van der Waals surface area contributed by atoms with Gasteiger partial charge in [0.15, 0.2) is 16.7 Å². The molecule has 3 aliphatic heterocycles. The van der Waals surface area contributed by atoms with E-state index in [1.807, 2.05) is 11.0 Å². The summed E-state index contributed by atoms with van der Waals surface area (Å²) in [4.78, 5) is 19.2. The van der Waals surface area contributed by atoms with Gasteiger partial charge in [0, 0.05) is 31.5 Å². The number of carbonyl (C=O) groups excluding carboxylic acids is 1. The molecule has 1 saturated heterocycles. The van der Waals surface area contributed by atoms with Gasteiger partial charge < -0.3 is 18.9 Å². The average Bonchev–Trinajstić information content (AvgIpc) is 3.33. The van der Waals surface area contributed by atoms with Crippen molar-refractivity contribution < 1.29 is 14.3 Å². The predicted octanol–water partition coefficient (Wildman–Crippen LogP) is 3.09. The highest BCUT2D eigenvalue weighted by molar-refractivity contribution is 7.99. The number of benzene rings is 1. The zero-order valence-electron chi connectivity index (χ0n) is 15.4. The molecule has 1 aromatic carbocycles. The summed E-state index contributed by atoms with van der Waals surface area (Å²) in [7, 11) is 0. The first kappa shape index (κ1) is 17.0. The van der Waals surface area contributed by atoms with Crippen LogP contribution in [0.25, 0.3) is 0 Å². The summed E-state index contributed by atoms with van der Waals surface area (Å²) in [5.41, 5.74) is 2.28. The summed E-state index contributed by atoms with van der Waals surface area (Å²) < 4.78 is 13.1. The molecular weight excluding hydrogens is 362 g/mol. The number of aromatic nitrogens is 2. The molecule has 0 N–H and O–H groups in total. The number of amides is 1. The maximum absolute atomic E-state index is 12.5. The lowest BCUT2D eigenvalue weighted by atomic mass is 9.76. The zero-order chi connectivity index (χ0) is 18.4. The Morgan fingerprint density at radius 1 is 1.30 bits per heavy atom. The highest BCUT2D eigenvalue weighted by Gasteiger charge is 2.35. The second-order valence-electron chi connectivity index (χ2n) is 7.98. The molecule has 0 saturated carbocycles. The summed E-state index contributed by atoms with van der Waals surface area (Å²) in [5.74, 6) is 2.97. The first-order valence-electron chi connectivity index (χ1n) is 9.43. The third kappa shape index (κ3) is 3.29. The van der Waals surface area contributed by atoms with Gasteiger partial charge in [0.1, 0.15) is 0 Å². The number of piperidine rings is 1. The van der Waals surface area contributed by atoms with E-state index in [9.17, 15) is 4.79 Å². The lowest BCUT2D eigenvalue weighted by Gasteiger charge is -2.40. The Balaban J connectivity index is 1.30. The normalized spacial score (nSPS) is 23.7. The van der Waals surface area contributed by atoms with E-state index in [-0.39, 0.29) is 11.3 Å². The molecule has 0 bridgehead atoms. The van der Waals surface area contributed by atoms with Gasteiger partial charge in [-0.2, -0.15) is 0 Å². The van der Waals surface area contributed by atoms with Gasteiger partial charge in [-0.1, -0.05) is 24.8 Å². The molecule has 0 radical (unpaired) electrons. The van der Waals surface area contributed by atoms with Crippen molar-refractivity contribution in [3.8, 4) is 11.5 Å². The molecule has 1 amide bonds. The number of hydrogen-bond donors (Lipinski definition) is 0. The van der Waals surface area contributed by atoms with Gasteiger partial charge in [-0.15, -0.1) is 0 Å². The number of imidazole rings is 1. The molecule has 1 unspecified atom stereocenters. The topological polar surface area (TPSA) is 56.6 Å². The third-order valence-electron chi connectivity index (χ3n) is 5.64. The van der Waals surface area contributed by atoms with Crippen LogP contribution in [0, 0.1) is 5.41 Å². The first-order valence-corrected chi connectivity index (χ1v) is 10.4. The van der Waals surface area contributed by atoms with E-state index >= 15 is 0 Å². The van der Waals surface area contributed by atoms with Gasteiger partial charge in [0.2, 0.25) is 12.7 Å². The average molecular weight is 385 g/mol. The largest absolute Gasteiger partial charge is 0.454 e. The fourth-order valence-electron chi connectivity index (χ4n) is 4.26.